The van der Waals surface area contributed by atoms with Crippen LogP contribution in [-0.2, 0) is 4.79 Å². The monoisotopic (exact) mass is 300 g/mol. The van der Waals surface area contributed by atoms with Gasteiger partial charge in [0.2, 0.25) is 5.91 Å². The molecule has 0 bridgehead atoms. The second-order valence-electron chi connectivity index (χ2n) is 7.05. The Morgan fingerprint density at radius 2 is 1.91 bits per heavy atom. The van der Waals surface area contributed by atoms with Crippen LogP contribution in [0.1, 0.15) is 79.7 Å². The zero-order chi connectivity index (χ0) is 15.9. The molecule has 3 nitrogen and oxygen atoms in total. The first-order valence-electron chi connectivity index (χ1n) is 8.75. The third-order valence-corrected chi connectivity index (χ3v) is 5.84. The Morgan fingerprint density at radius 3 is 2.55 bits per heavy atom. The molecule has 0 aromatic heterocycles. The largest absolute Gasteiger partial charge is 0.325 e. The molecule has 1 saturated carbocycles. The van der Waals surface area contributed by atoms with E-state index in [-0.39, 0.29) is 17.9 Å². The Bertz CT molecular complexity index is 588. The van der Waals surface area contributed by atoms with Crippen LogP contribution in [0.4, 0.5) is 5.69 Å². The Hall–Kier alpha value is -1.35. The summed E-state index contributed by atoms with van der Waals surface area (Å²) in [7, 11) is 0. The highest BCUT2D eigenvalue weighted by Gasteiger charge is 2.33. The van der Waals surface area contributed by atoms with Crippen molar-refractivity contribution < 1.29 is 4.79 Å². The van der Waals surface area contributed by atoms with Gasteiger partial charge in [-0.1, -0.05) is 32.3 Å². The van der Waals surface area contributed by atoms with Gasteiger partial charge in [0.05, 0.1) is 5.92 Å². The molecule has 0 saturated heterocycles. The minimum Gasteiger partial charge on any atom is -0.325 e. The Balaban J connectivity index is 2.00. The lowest BCUT2D eigenvalue weighted by Crippen LogP contribution is -2.24. The van der Waals surface area contributed by atoms with Gasteiger partial charge in [-0.3, -0.25) is 4.79 Å². The van der Waals surface area contributed by atoms with E-state index in [0.29, 0.717) is 5.92 Å². The van der Waals surface area contributed by atoms with Gasteiger partial charge in [-0.25, -0.2) is 0 Å². The van der Waals surface area contributed by atoms with Crippen LogP contribution in [0.5, 0.6) is 0 Å². The van der Waals surface area contributed by atoms with Gasteiger partial charge in [0.15, 0.2) is 0 Å². The number of carbonyl (C=O) groups is 1. The Morgan fingerprint density at radius 1 is 1.23 bits per heavy atom. The zero-order valence-electron chi connectivity index (χ0n) is 14.0. The van der Waals surface area contributed by atoms with E-state index in [9.17, 15) is 4.79 Å². The summed E-state index contributed by atoms with van der Waals surface area (Å²) in [5.41, 5.74) is 12.6. The summed E-state index contributed by atoms with van der Waals surface area (Å²) < 4.78 is 0. The third kappa shape index (κ3) is 2.45. The number of nitrogens with one attached hydrogen (secondary N) is 1. The van der Waals surface area contributed by atoms with Gasteiger partial charge in [0.25, 0.3) is 0 Å². The number of rotatable bonds is 3. The molecule has 1 heterocycles. The summed E-state index contributed by atoms with van der Waals surface area (Å²) in [6.45, 7) is 6.35. The zero-order valence-corrected chi connectivity index (χ0v) is 14.0. The van der Waals surface area contributed by atoms with Crippen molar-refractivity contribution in [3.05, 3.63) is 28.3 Å². The number of hydrogen-bond acceptors (Lipinski definition) is 2. The van der Waals surface area contributed by atoms with Crippen LogP contribution in [0.3, 0.4) is 0 Å². The van der Waals surface area contributed by atoms with E-state index >= 15 is 0 Å². The number of nitrogens with two attached hydrogens (primary N) is 1. The number of fused-ring (bicyclic) bond motifs is 1. The molecule has 1 amide bonds. The summed E-state index contributed by atoms with van der Waals surface area (Å²) in [5, 5.41) is 3.07. The molecule has 1 fully saturated rings. The van der Waals surface area contributed by atoms with Crippen molar-refractivity contribution in [3.8, 4) is 0 Å². The maximum absolute atomic E-state index is 12.2. The van der Waals surface area contributed by atoms with Crippen molar-refractivity contribution in [1.29, 1.82) is 0 Å². The summed E-state index contributed by atoms with van der Waals surface area (Å²) >= 11 is 0. The standard InChI is InChI=1S/C19H28N2O/c1-4-14-16-10-15(17(20)13-8-6-5-7-9-13)11(2)12(3)18(16)21-19(14)22/h10,13-14,17H,4-9,20H2,1-3H3,(H,21,22). The van der Waals surface area contributed by atoms with Gasteiger partial charge in [-0.15, -0.1) is 0 Å². The molecule has 0 spiro atoms. The third-order valence-electron chi connectivity index (χ3n) is 5.84. The second kappa shape index (κ2) is 6.04. The predicted octanol–water partition coefficient (Wildman–Crippen LogP) is 4.33. The summed E-state index contributed by atoms with van der Waals surface area (Å²) in [5.74, 6) is 0.727. The van der Waals surface area contributed by atoms with Crippen molar-refractivity contribution in [2.45, 2.75) is 71.3 Å². The van der Waals surface area contributed by atoms with Gasteiger partial charge in [-0.2, -0.15) is 0 Å². The minimum absolute atomic E-state index is 0.00777. The first-order valence-corrected chi connectivity index (χ1v) is 8.75. The van der Waals surface area contributed by atoms with Crippen molar-refractivity contribution in [2.24, 2.45) is 11.7 Å². The lowest BCUT2D eigenvalue weighted by Gasteiger charge is -2.30. The van der Waals surface area contributed by atoms with Crippen molar-refractivity contribution >= 4 is 11.6 Å². The first-order chi connectivity index (χ1) is 10.5. The molecule has 1 aliphatic heterocycles. The first kappa shape index (κ1) is 15.5. The molecular weight excluding hydrogens is 272 g/mol. The van der Waals surface area contributed by atoms with E-state index in [2.05, 4.69) is 32.2 Å². The van der Waals surface area contributed by atoms with Crippen molar-refractivity contribution in [2.75, 3.05) is 5.32 Å². The number of carbonyl (C=O) groups excluding carboxylic acids is 1. The van der Waals surface area contributed by atoms with Gasteiger partial charge >= 0.3 is 0 Å². The van der Waals surface area contributed by atoms with Crippen LogP contribution in [-0.4, -0.2) is 5.91 Å². The van der Waals surface area contributed by atoms with E-state index in [1.54, 1.807) is 0 Å². The molecule has 1 aromatic carbocycles. The molecule has 120 valence electrons. The molecule has 1 aliphatic carbocycles. The smallest absolute Gasteiger partial charge is 0.232 e. The quantitative estimate of drug-likeness (QED) is 0.873. The van der Waals surface area contributed by atoms with Crippen molar-refractivity contribution in [1.82, 2.24) is 0 Å². The fourth-order valence-electron chi connectivity index (χ4n) is 4.26. The Kier molecular flexibility index (Phi) is 4.26. The number of benzene rings is 1. The van der Waals surface area contributed by atoms with Crippen LogP contribution >= 0.6 is 0 Å². The van der Waals surface area contributed by atoms with E-state index < -0.39 is 0 Å². The van der Waals surface area contributed by atoms with Gasteiger partial charge < -0.3 is 11.1 Å². The number of anilines is 1. The van der Waals surface area contributed by atoms with E-state index in [4.69, 9.17) is 5.73 Å². The fraction of sp³-hybridized carbons (Fsp3) is 0.632. The van der Waals surface area contributed by atoms with Gasteiger partial charge in [0, 0.05) is 11.7 Å². The molecule has 2 unspecified atom stereocenters. The van der Waals surface area contributed by atoms with Gasteiger partial charge in [0.1, 0.15) is 0 Å². The highest BCUT2D eigenvalue weighted by molar-refractivity contribution is 6.04. The predicted molar refractivity (Wildman–Crippen MR) is 91.1 cm³/mol. The number of amides is 1. The molecule has 3 N–H and O–H groups in total. The summed E-state index contributed by atoms with van der Waals surface area (Å²) in [4.78, 5) is 12.2. The average Bonchev–Trinajstić information content (AvgIpc) is 2.86. The molecule has 3 heteroatoms. The van der Waals surface area contributed by atoms with E-state index in [1.165, 1.54) is 48.8 Å². The van der Waals surface area contributed by atoms with E-state index in [1.807, 2.05) is 0 Å². The van der Waals surface area contributed by atoms with Crippen LogP contribution in [0.15, 0.2) is 6.07 Å². The highest BCUT2D eigenvalue weighted by atomic mass is 16.2. The highest BCUT2D eigenvalue weighted by Crippen LogP contribution is 2.42. The molecule has 2 aliphatic rings. The summed E-state index contributed by atoms with van der Waals surface area (Å²) in [6.07, 6.45) is 7.29. The maximum atomic E-state index is 12.2. The fourth-order valence-corrected chi connectivity index (χ4v) is 4.26. The lowest BCUT2D eigenvalue weighted by atomic mass is 9.79. The second-order valence-corrected chi connectivity index (χ2v) is 7.05. The Labute approximate surface area is 133 Å². The molecule has 1 aromatic rings. The number of hydrogen-bond donors (Lipinski definition) is 2. The molecule has 22 heavy (non-hydrogen) atoms. The molecular formula is C19H28N2O. The van der Waals surface area contributed by atoms with Crippen LogP contribution in [0.25, 0.3) is 0 Å². The summed E-state index contributed by atoms with van der Waals surface area (Å²) in [6, 6.07) is 2.33. The normalized spacial score (nSPS) is 23.3. The molecule has 0 radical (unpaired) electrons. The molecule has 2 atom stereocenters. The van der Waals surface area contributed by atoms with Crippen LogP contribution in [0, 0.1) is 19.8 Å². The SMILES string of the molecule is CCC1C(=O)Nc2c1cc(C(N)C1CCCCC1)c(C)c2C. The maximum Gasteiger partial charge on any atom is 0.232 e. The topological polar surface area (TPSA) is 55.1 Å². The van der Waals surface area contributed by atoms with Gasteiger partial charge in [-0.05, 0) is 61.3 Å². The molecule has 3 rings (SSSR count). The average molecular weight is 300 g/mol. The van der Waals surface area contributed by atoms with E-state index in [0.717, 1.165) is 17.7 Å². The van der Waals surface area contributed by atoms with Crippen LogP contribution in [0.2, 0.25) is 0 Å². The van der Waals surface area contributed by atoms with Crippen LogP contribution < -0.4 is 11.1 Å². The van der Waals surface area contributed by atoms with Crippen molar-refractivity contribution in [3.63, 3.8) is 0 Å². The minimum atomic E-state index is -0.00777. The lowest BCUT2D eigenvalue weighted by molar-refractivity contribution is -0.117.